The van der Waals surface area contributed by atoms with Gasteiger partial charge in [0, 0.05) is 11.3 Å². The maximum Gasteiger partial charge on any atom is 0.255 e. The summed E-state index contributed by atoms with van der Waals surface area (Å²) in [6.45, 7) is 6.10. The highest BCUT2D eigenvalue weighted by Gasteiger charge is 2.06. The minimum absolute atomic E-state index is 0.235. The molecule has 4 heteroatoms. The van der Waals surface area contributed by atoms with Crippen molar-refractivity contribution in [2.75, 3.05) is 11.9 Å². The fourth-order valence-corrected chi connectivity index (χ4v) is 1.78. The predicted molar refractivity (Wildman–Crippen MR) is 85.9 cm³/mol. The quantitative estimate of drug-likeness (QED) is 0.853. The topological polar surface area (TPSA) is 62.1 Å². The van der Waals surface area contributed by atoms with Crippen molar-refractivity contribution in [1.29, 1.82) is 5.26 Å². The van der Waals surface area contributed by atoms with Gasteiger partial charge in [-0.15, -0.1) is 0 Å². The van der Waals surface area contributed by atoms with Gasteiger partial charge in [0.25, 0.3) is 5.91 Å². The van der Waals surface area contributed by atoms with Gasteiger partial charge < -0.3 is 10.1 Å². The average Bonchev–Trinajstić information content (AvgIpc) is 2.53. The molecule has 0 saturated heterocycles. The second kappa shape index (κ2) is 7.09. The molecule has 0 unspecified atom stereocenters. The molecule has 0 aromatic heterocycles. The maximum atomic E-state index is 12.1. The zero-order valence-corrected chi connectivity index (χ0v) is 12.3. The Morgan fingerprint density at radius 3 is 2.64 bits per heavy atom. The van der Waals surface area contributed by atoms with E-state index in [-0.39, 0.29) is 5.91 Å². The molecule has 110 valence electrons. The van der Waals surface area contributed by atoms with Gasteiger partial charge >= 0.3 is 0 Å². The number of rotatable bonds is 5. The SMILES string of the molecule is C=C(C)COc1ccc(C(=O)Nc2cccc(C#N)c2)cc1. The zero-order chi connectivity index (χ0) is 15.9. The number of benzene rings is 2. The largest absolute Gasteiger partial charge is 0.489 e. The van der Waals surface area contributed by atoms with Gasteiger partial charge in [0.1, 0.15) is 12.4 Å². The second-order valence-corrected chi connectivity index (χ2v) is 4.92. The van der Waals surface area contributed by atoms with Gasteiger partial charge in [-0.05, 0) is 55.0 Å². The Balaban J connectivity index is 2.03. The van der Waals surface area contributed by atoms with Crippen molar-refractivity contribution in [1.82, 2.24) is 0 Å². The maximum absolute atomic E-state index is 12.1. The van der Waals surface area contributed by atoms with Crippen molar-refractivity contribution in [3.63, 3.8) is 0 Å². The minimum atomic E-state index is -0.235. The van der Waals surface area contributed by atoms with E-state index in [1.807, 2.05) is 13.0 Å². The highest BCUT2D eigenvalue weighted by molar-refractivity contribution is 6.04. The van der Waals surface area contributed by atoms with Gasteiger partial charge in [-0.25, -0.2) is 0 Å². The number of hydrogen-bond acceptors (Lipinski definition) is 3. The van der Waals surface area contributed by atoms with Crippen molar-refractivity contribution < 1.29 is 9.53 Å². The number of carbonyl (C=O) groups is 1. The number of hydrogen-bond donors (Lipinski definition) is 1. The summed E-state index contributed by atoms with van der Waals surface area (Å²) in [6, 6.07) is 15.7. The van der Waals surface area contributed by atoms with E-state index in [9.17, 15) is 4.79 Å². The summed E-state index contributed by atoms with van der Waals surface area (Å²) in [7, 11) is 0. The van der Waals surface area contributed by atoms with Gasteiger partial charge in [-0.1, -0.05) is 12.6 Å². The average molecular weight is 292 g/mol. The van der Waals surface area contributed by atoms with Crippen LogP contribution in [0, 0.1) is 11.3 Å². The summed E-state index contributed by atoms with van der Waals surface area (Å²) in [5.41, 5.74) is 2.54. The third kappa shape index (κ3) is 4.22. The molecular formula is C18H16N2O2. The van der Waals surface area contributed by atoms with E-state index in [0.29, 0.717) is 29.2 Å². The molecule has 0 bridgehead atoms. The molecule has 2 aromatic rings. The first-order chi connectivity index (χ1) is 10.6. The van der Waals surface area contributed by atoms with Crippen LogP contribution in [-0.2, 0) is 0 Å². The van der Waals surface area contributed by atoms with Gasteiger partial charge in [-0.2, -0.15) is 5.26 Å². The number of amides is 1. The lowest BCUT2D eigenvalue weighted by atomic mass is 10.2. The van der Waals surface area contributed by atoms with E-state index in [1.165, 1.54) is 0 Å². The molecule has 0 aliphatic rings. The fraction of sp³-hybridized carbons (Fsp3) is 0.111. The number of nitrogens with zero attached hydrogens (tertiary/aromatic N) is 1. The highest BCUT2D eigenvalue weighted by atomic mass is 16.5. The zero-order valence-electron chi connectivity index (χ0n) is 12.3. The van der Waals surface area contributed by atoms with E-state index in [1.54, 1.807) is 48.5 Å². The van der Waals surface area contributed by atoms with Crippen LogP contribution < -0.4 is 10.1 Å². The first-order valence-corrected chi connectivity index (χ1v) is 6.77. The molecule has 2 rings (SSSR count). The molecule has 22 heavy (non-hydrogen) atoms. The van der Waals surface area contributed by atoms with Crippen molar-refractivity contribution in [3.05, 3.63) is 71.8 Å². The third-order valence-corrected chi connectivity index (χ3v) is 2.85. The molecule has 0 fully saturated rings. The molecule has 0 saturated carbocycles. The lowest BCUT2D eigenvalue weighted by Gasteiger charge is -2.08. The molecule has 1 amide bonds. The summed E-state index contributed by atoms with van der Waals surface area (Å²) >= 11 is 0. The Bertz CT molecular complexity index is 727. The van der Waals surface area contributed by atoms with Crippen molar-refractivity contribution in [2.24, 2.45) is 0 Å². The molecule has 2 aromatic carbocycles. The molecule has 0 radical (unpaired) electrons. The first-order valence-electron chi connectivity index (χ1n) is 6.77. The Labute approximate surface area is 129 Å². The van der Waals surface area contributed by atoms with Crippen LogP contribution in [0.1, 0.15) is 22.8 Å². The predicted octanol–water partition coefficient (Wildman–Crippen LogP) is 3.77. The van der Waals surface area contributed by atoms with Crippen LogP contribution in [0.25, 0.3) is 0 Å². The van der Waals surface area contributed by atoms with E-state index in [4.69, 9.17) is 10.00 Å². The van der Waals surface area contributed by atoms with Crippen LogP contribution >= 0.6 is 0 Å². The molecule has 4 nitrogen and oxygen atoms in total. The van der Waals surface area contributed by atoms with Crippen molar-refractivity contribution >= 4 is 11.6 Å². The molecule has 0 aliphatic carbocycles. The fourth-order valence-electron chi connectivity index (χ4n) is 1.78. The van der Waals surface area contributed by atoms with Crippen LogP contribution in [0.15, 0.2) is 60.7 Å². The van der Waals surface area contributed by atoms with Gasteiger partial charge in [-0.3, -0.25) is 4.79 Å². The summed E-state index contributed by atoms with van der Waals surface area (Å²) < 4.78 is 5.48. The highest BCUT2D eigenvalue weighted by Crippen LogP contribution is 2.15. The first kappa shape index (κ1) is 15.3. The standard InChI is InChI=1S/C18H16N2O2/c1-13(2)12-22-17-8-6-15(7-9-17)18(21)20-16-5-3-4-14(10-16)11-19/h3-10H,1,12H2,2H3,(H,20,21). The van der Waals surface area contributed by atoms with E-state index < -0.39 is 0 Å². The minimum Gasteiger partial charge on any atom is -0.489 e. The third-order valence-electron chi connectivity index (χ3n) is 2.85. The molecule has 1 N–H and O–H groups in total. The number of carbonyl (C=O) groups excluding carboxylic acids is 1. The molecule has 0 aliphatic heterocycles. The number of anilines is 1. The summed E-state index contributed by atoms with van der Waals surface area (Å²) in [5, 5.41) is 11.6. The van der Waals surface area contributed by atoms with Crippen LogP contribution in [0.5, 0.6) is 5.75 Å². The van der Waals surface area contributed by atoms with Crippen molar-refractivity contribution in [2.45, 2.75) is 6.92 Å². The molecule has 0 spiro atoms. The van der Waals surface area contributed by atoms with Crippen molar-refractivity contribution in [3.8, 4) is 11.8 Å². The Morgan fingerprint density at radius 2 is 2.00 bits per heavy atom. The van der Waals surface area contributed by atoms with Gasteiger partial charge in [0.15, 0.2) is 0 Å². The Hall–Kier alpha value is -3.06. The van der Waals surface area contributed by atoms with E-state index >= 15 is 0 Å². The number of nitrogens with one attached hydrogen (secondary N) is 1. The summed E-state index contributed by atoms with van der Waals surface area (Å²) in [5.74, 6) is 0.451. The van der Waals surface area contributed by atoms with E-state index in [0.717, 1.165) is 5.57 Å². The monoisotopic (exact) mass is 292 g/mol. The normalized spacial score (nSPS) is 9.64. The van der Waals surface area contributed by atoms with E-state index in [2.05, 4.69) is 11.9 Å². The lowest BCUT2D eigenvalue weighted by molar-refractivity contribution is 0.102. The van der Waals surface area contributed by atoms with Gasteiger partial charge in [0.05, 0.1) is 11.6 Å². The van der Waals surface area contributed by atoms with Crippen LogP contribution in [0.4, 0.5) is 5.69 Å². The second-order valence-electron chi connectivity index (χ2n) is 4.92. The Kier molecular flexibility index (Phi) is 4.94. The van der Waals surface area contributed by atoms with Crippen LogP contribution in [0.3, 0.4) is 0 Å². The Morgan fingerprint density at radius 1 is 1.27 bits per heavy atom. The lowest BCUT2D eigenvalue weighted by Crippen LogP contribution is -2.11. The van der Waals surface area contributed by atoms with Crippen LogP contribution in [-0.4, -0.2) is 12.5 Å². The van der Waals surface area contributed by atoms with Crippen LogP contribution in [0.2, 0.25) is 0 Å². The van der Waals surface area contributed by atoms with Gasteiger partial charge in [0.2, 0.25) is 0 Å². The smallest absolute Gasteiger partial charge is 0.255 e. The number of ether oxygens (including phenoxy) is 1. The molecule has 0 atom stereocenters. The summed E-state index contributed by atoms with van der Waals surface area (Å²) in [4.78, 5) is 12.1. The molecular weight excluding hydrogens is 276 g/mol. The molecule has 0 heterocycles. The summed E-state index contributed by atoms with van der Waals surface area (Å²) in [6.07, 6.45) is 0. The number of nitriles is 1.